The van der Waals surface area contributed by atoms with Crippen LogP contribution >= 0.6 is 0 Å². The third kappa shape index (κ3) is 7.83. The van der Waals surface area contributed by atoms with Crippen LogP contribution in [0.15, 0.2) is 67.0 Å². The fourth-order valence-corrected chi connectivity index (χ4v) is 9.14. The predicted molar refractivity (Wildman–Crippen MR) is 230 cm³/mol. The summed E-state index contributed by atoms with van der Waals surface area (Å²) in [4.78, 5) is 29.9. The Labute approximate surface area is 361 Å². The Morgan fingerprint density at radius 1 is 0.905 bits per heavy atom. The number of pyridine rings is 1. The molecule has 2 fully saturated rings. The molecule has 3 aromatic heterocycles. The lowest BCUT2D eigenvalue weighted by Crippen LogP contribution is -2.43. The molecule has 2 saturated heterocycles. The minimum absolute atomic E-state index is 0.000264. The summed E-state index contributed by atoms with van der Waals surface area (Å²) in [5.41, 5.74) is 5.97. The first kappa shape index (κ1) is 41.8. The van der Waals surface area contributed by atoms with Crippen LogP contribution in [0.1, 0.15) is 54.6 Å². The number of methoxy groups -OCH3 is 2. The summed E-state index contributed by atoms with van der Waals surface area (Å²) in [6.07, 6.45) is 4.15. The highest BCUT2D eigenvalue weighted by Crippen LogP contribution is 2.45. The van der Waals surface area contributed by atoms with Crippen LogP contribution in [-0.4, -0.2) is 88.6 Å². The van der Waals surface area contributed by atoms with E-state index in [1.165, 1.54) is 6.92 Å². The molecule has 0 spiro atoms. The van der Waals surface area contributed by atoms with Crippen molar-refractivity contribution in [3.8, 4) is 34.6 Å². The molecular weight excluding hydrogens is 819 g/mol. The Bertz CT molecular complexity index is 2610. The second-order valence-corrected chi connectivity index (χ2v) is 16.3. The first-order valence-corrected chi connectivity index (χ1v) is 20.9. The summed E-state index contributed by atoms with van der Waals surface area (Å²) in [6, 6.07) is 16.0. The van der Waals surface area contributed by atoms with Crippen molar-refractivity contribution in [3.05, 3.63) is 107 Å². The maximum absolute atomic E-state index is 17.2. The quantitative estimate of drug-likeness (QED) is 0.0890. The van der Waals surface area contributed by atoms with E-state index >= 15 is 8.78 Å². The van der Waals surface area contributed by atoms with E-state index < -0.39 is 46.6 Å². The van der Waals surface area contributed by atoms with Gasteiger partial charge in [-0.05, 0) is 80.3 Å². The van der Waals surface area contributed by atoms with E-state index in [1.807, 2.05) is 60.4 Å². The van der Waals surface area contributed by atoms with Crippen molar-refractivity contribution < 1.29 is 36.5 Å². The van der Waals surface area contributed by atoms with Gasteiger partial charge >= 0.3 is 6.01 Å². The Morgan fingerprint density at radius 2 is 1.59 bits per heavy atom. The van der Waals surface area contributed by atoms with Gasteiger partial charge in [0.05, 0.1) is 32.3 Å². The zero-order chi connectivity index (χ0) is 44.0. The van der Waals surface area contributed by atoms with Gasteiger partial charge in [-0.1, -0.05) is 24.3 Å². The van der Waals surface area contributed by atoms with Crippen LogP contribution in [0.5, 0.6) is 23.4 Å². The van der Waals surface area contributed by atoms with E-state index in [1.54, 1.807) is 26.6 Å². The van der Waals surface area contributed by atoms with Crippen LogP contribution in [0.3, 0.4) is 0 Å². The number of ether oxygens (including phenoxy) is 4. The second kappa shape index (κ2) is 17.0. The molecule has 3 aromatic carbocycles. The zero-order valence-corrected chi connectivity index (χ0v) is 35.4. The van der Waals surface area contributed by atoms with E-state index in [-0.39, 0.29) is 59.5 Å². The summed E-state index contributed by atoms with van der Waals surface area (Å²) in [5.74, 6) is -0.917. The van der Waals surface area contributed by atoms with Crippen LogP contribution in [0, 0.1) is 24.4 Å². The molecule has 3 aliphatic heterocycles. The van der Waals surface area contributed by atoms with Gasteiger partial charge in [0.25, 0.3) is 0 Å². The van der Waals surface area contributed by atoms with Crippen molar-refractivity contribution in [2.45, 2.75) is 64.0 Å². The third-order valence-corrected chi connectivity index (χ3v) is 12.4. The number of anilines is 3. The molecule has 13 nitrogen and oxygen atoms in total. The summed E-state index contributed by atoms with van der Waals surface area (Å²) in [5, 5.41) is 0.115. The van der Waals surface area contributed by atoms with Gasteiger partial charge in [0.1, 0.15) is 64.7 Å². The van der Waals surface area contributed by atoms with E-state index in [0.29, 0.717) is 37.6 Å². The van der Waals surface area contributed by atoms with Crippen LogP contribution in [0.2, 0.25) is 0 Å². The first-order valence-electron chi connectivity index (χ1n) is 20.9. The van der Waals surface area contributed by atoms with Gasteiger partial charge < -0.3 is 34.5 Å². The molecule has 6 aromatic rings. The second-order valence-electron chi connectivity index (χ2n) is 16.3. The van der Waals surface area contributed by atoms with Gasteiger partial charge in [-0.2, -0.15) is 9.97 Å². The number of halogens is 4. The molecule has 63 heavy (non-hydrogen) atoms. The van der Waals surface area contributed by atoms with Crippen LogP contribution in [0.4, 0.5) is 34.9 Å². The molecule has 3 aliphatic rings. The summed E-state index contributed by atoms with van der Waals surface area (Å²) in [6.45, 7) is 5.63. The van der Waals surface area contributed by atoms with Crippen molar-refractivity contribution in [1.29, 1.82) is 0 Å². The lowest BCUT2D eigenvalue weighted by Gasteiger charge is -2.33. The minimum Gasteiger partial charge on any atom is -0.497 e. The molecule has 0 amide bonds. The highest BCUT2D eigenvalue weighted by molar-refractivity contribution is 5.97. The Balaban J connectivity index is 1.16. The molecule has 0 saturated carbocycles. The van der Waals surface area contributed by atoms with Gasteiger partial charge in [0, 0.05) is 44.0 Å². The van der Waals surface area contributed by atoms with Crippen molar-refractivity contribution in [3.63, 3.8) is 0 Å². The molecule has 3 atom stereocenters. The number of rotatable bonds is 13. The topological polar surface area (TPSA) is 137 Å². The van der Waals surface area contributed by atoms with E-state index in [2.05, 4.69) is 19.8 Å². The third-order valence-electron chi connectivity index (χ3n) is 12.4. The van der Waals surface area contributed by atoms with Crippen LogP contribution in [-0.2, 0) is 13.1 Å². The maximum Gasteiger partial charge on any atom is 0.319 e. The molecule has 0 unspecified atom stereocenters. The average molecular weight is 866 g/mol. The van der Waals surface area contributed by atoms with Gasteiger partial charge in [-0.3, -0.25) is 9.88 Å². The number of aryl methyl sites for hydroxylation is 1. The number of nitrogen functional groups attached to an aromatic ring is 1. The molecule has 2 N–H and O–H groups in total. The number of alkyl halides is 1. The standard InChI is InChI=1S/C46H47F4N9O4/c1-26-20-33(36(49)38(51)35(26)48)40-37(50)41-34-42(56-45(55-41)63-25-46-14-5-17-58(46)24-30(47)21-46)59(18-19-62-44(34)54-40)27(2)39-43(53-16-15-52-39)57(22-28-6-10-31(60-3)11-7-28)23-29-8-12-32(61-4)13-9-29/h6-13,15-16,20,27,30H,5,14,17-19,21-25,51H2,1-4H3/t27-,30-,46+/m1/s1. The van der Waals surface area contributed by atoms with E-state index in [0.717, 1.165) is 48.1 Å². The number of hydrogen-bond acceptors (Lipinski definition) is 13. The molecule has 6 heterocycles. The fraction of sp³-hybridized carbons (Fsp3) is 0.370. The van der Waals surface area contributed by atoms with Crippen molar-refractivity contribution in [2.75, 3.05) is 62.6 Å². The zero-order valence-electron chi connectivity index (χ0n) is 35.4. The highest BCUT2D eigenvalue weighted by Gasteiger charge is 2.49. The Kier molecular flexibility index (Phi) is 11.3. The van der Waals surface area contributed by atoms with Crippen molar-refractivity contribution >= 4 is 28.2 Å². The SMILES string of the molecule is COc1ccc(CN(Cc2ccc(OC)cc2)c2nccnc2[C@@H](C)N2CCOc3nc(-c4cc(C)c(F)c(N)c4F)c(F)c4nc(OC[C@@]56CCCN5C[C@H](F)C6)nc2c34)cc1. The van der Waals surface area contributed by atoms with E-state index in [9.17, 15) is 8.78 Å². The lowest BCUT2D eigenvalue weighted by molar-refractivity contribution is 0.107. The molecule has 0 radical (unpaired) electrons. The number of aromatic nitrogens is 5. The van der Waals surface area contributed by atoms with Crippen molar-refractivity contribution in [1.82, 2.24) is 29.8 Å². The largest absolute Gasteiger partial charge is 0.497 e. The van der Waals surface area contributed by atoms with Gasteiger partial charge in [-0.15, -0.1) is 0 Å². The number of nitrogens with two attached hydrogens (primary N) is 1. The first-order chi connectivity index (χ1) is 30.5. The number of fused-ring (bicyclic) bond motifs is 1. The van der Waals surface area contributed by atoms with Gasteiger partial charge in [0.15, 0.2) is 23.3 Å². The smallest absolute Gasteiger partial charge is 0.319 e. The fourth-order valence-electron chi connectivity index (χ4n) is 9.14. The average Bonchev–Trinajstić information content (AvgIpc) is 3.77. The Morgan fingerprint density at radius 3 is 2.27 bits per heavy atom. The molecule has 328 valence electrons. The van der Waals surface area contributed by atoms with Crippen LogP contribution < -0.4 is 34.5 Å². The van der Waals surface area contributed by atoms with E-state index in [4.69, 9.17) is 39.6 Å². The monoisotopic (exact) mass is 865 g/mol. The van der Waals surface area contributed by atoms with Gasteiger partial charge in [0.2, 0.25) is 5.88 Å². The summed E-state index contributed by atoms with van der Waals surface area (Å²) in [7, 11) is 3.24. The van der Waals surface area contributed by atoms with Gasteiger partial charge in [-0.25, -0.2) is 27.5 Å². The molecule has 0 bridgehead atoms. The molecule has 9 rings (SSSR count). The number of benzene rings is 3. The summed E-state index contributed by atoms with van der Waals surface area (Å²) < 4.78 is 85.8. The molecule has 17 heteroatoms. The predicted octanol–water partition coefficient (Wildman–Crippen LogP) is 7.93. The number of hydrogen-bond donors (Lipinski definition) is 1. The normalized spacial score (nSPS) is 18.8. The number of nitrogens with zero attached hydrogens (tertiary/aromatic N) is 8. The lowest BCUT2D eigenvalue weighted by atomic mass is 9.95. The maximum atomic E-state index is 17.2. The Hall–Kier alpha value is -6.49. The highest BCUT2D eigenvalue weighted by atomic mass is 19.1. The molecule has 0 aliphatic carbocycles. The van der Waals surface area contributed by atoms with Crippen LogP contribution in [0.25, 0.3) is 22.2 Å². The molecular formula is C46H47F4N9O4. The summed E-state index contributed by atoms with van der Waals surface area (Å²) >= 11 is 0. The van der Waals surface area contributed by atoms with Crippen molar-refractivity contribution in [2.24, 2.45) is 0 Å². The minimum atomic E-state index is -1.17.